The van der Waals surface area contributed by atoms with E-state index < -0.39 is 0 Å². The molecule has 0 spiro atoms. The Hall–Kier alpha value is -2.56. The molecule has 0 amide bonds. The zero-order valence-electron chi connectivity index (χ0n) is 11.1. The summed E-state index contributed by atoms with van der Waals surface area (Å²) in [6.07, 6.45) is 1.46. The third-order valence-electron chi connectivity index (χ3n) is 2.72. The van der Waals surface area contributed by atoms with Crippen LogP contribution in [0.2, 0.25) is 0 Å². The number of hydrogen-bond donors (Lipinski definition) is 1. The van der Waals surface area contributed by atoms with E-state index in [2.05, 4.69) is 4.99 Å². The summed E-state index contributed by atoms with van der Waals surface area (Å²) >= 11 is 0. The van der Waals surface area contributed by atoms with Gasteiger partial charge in [-0.1, -0.05) is 0 Å². The van der Waals surface area contributed by atoms with Crippen molar-refractivity contribution in [1.29, 1.82) is 0 Å². The minimum absolute atomic E-state index is 0.00735. The number of nitrogens with zero attached hydrogens (tertiary/aromatic N) is 1. The minimum Gasteiger partial charge on any atom is -0.507 e. The van der Waals surface area contributed by atoms with E-state index >= 15 is 0 Å². The molecule has 20 heavy (non-hydrogen) atoms. The minimum atomic E-state index is -0.325. The van der Waals surface area contributed by atoms with Crippen molar-refractivity contribution in [3.8, 4) is 17.2 Å². The van der Waals surface area contributed by atoms with Crippen molar-refractivity contribution in [1.82, 2.24) is 0 Å². The molecule has 0 aliphatic heterocycles. The molecule has 0 unspecified atom stereocenters. The Kier molecular flexibility index (Phi) is 4.20. The zero-order chi connectivity index (χ0) is 14.5. The van der Waals surface area contributed by atoms with E-state index in [9.17, 15) is 9.50 Å². The van der Waals surface area contributed by atoms with Crippen LogP contribution in [0.1, 0.15) is 5.56 Å². The number of benzene rings is 2. The second-order valence-electron chi connectivity index (χ2n) is 4.00. The van der Waals surface area contributed by atoms with Crippen molar-refractivity contribution in [2.24, 2.45) is 4.99 Å². The zero-order valence-corrected chi connectivity index (χ0v) is 11.1. The predicted molar refractivity (Wildman–Crippen MR) is 74.9 cm³/mol. The molecule has 104 valence electrons. The first kappa shape index (κ1) is 13.9. The molecule has 0 saturated heterocycles. The summed E-state index contributed by atoms with van der Waals surface area (Å²) in [5, 5.41) is 9.95. The van der Waals surface area contributed by atoms with E-state index in [1.165, 1.54) is 38.6 Å². The lowest BCUT2D eigenvalue weighted by molar-refractivity contribution is 0.384. The Morgan fingerprint density at radius 1 is 1.10 bits per heavy atom. The van der Waals surface area contributed by atoms with E-state index in [4.69, 9.17) is 9.47 Å². The van der Waals surface area contributed by atoms with Gasteiger partial charge in [0.1, 0.15) is 23.1 Å². The van der Waals surface area contributed by atoms with Gasteiger partial charge in [0.05, 0.1) is 25.5 Å². The van der Waals surface area contributed by atoms with Gasteiger partial charge in [0, 0.05) is 18.3 Å². The number of methoxy groups -OCH3 is 2. The normalized spacial score (nSPS) is 10.8. The molecule has 0 atom stereocenters. The van der Waals surface area contributed by atoms with Gasteiger partial charge < -0.3 is 14.6 Å². The van der Waals surface area contributed by atoms with E-state index in [1.807, 2.05) is 0 Å². The lowest BCUT2D eigenvalue weighted by Gasteiger charge is -2.09. The standard InChI is InChI=1S/C15H14FNO3/c1-19-12-7-14(18)13(15(8-12)20-2)9-17-11-5-3-10(16)4-6-11/h3-9,18H,1-2H3. The van der Waals surface area contributed by atoms with Crippen LogP contribution in [0.15, 0.2) is 41.4 Å². The third kappa shape index (κ3) is 3.06. The molecule has 5 heteroatoms. The number of ether oxygens (including phenoxy) is 2. The van der Waals surface area contributed by atoms with Crippen LogP contribution < -0.4 is 9.47 Å². The number of phenolic OH excluding ortho intramolecular Hbond substituents is 1. The van der Waals surface area contributed by atoms with Gasteiger partial charge in [0.25, 0.3) is 0 Å². The molecule has 0 saturated carbocycles. The molecule has 1 N–H and O–H groups in total. The number of phenols is 1. The van der Waals surface area contributed by atoms with Gasteiger partial charge in [-0.2, -0.15) is 0 Å². The Morgan fingerprint density at radius 3 is 2.40 bits per heavy atom. The fraction of sp³-hybridized carbons (Fsp3) is 0.133. The molecule has 2 aromatic carbocycles. The van der Waals surface area contributed by atoms with Crippen LogP contribution in [0.4, 0.5) is 10.1 Å². The van der Waals surface area contributed by atoms with E-state index in [-0.39, 0.29) is 11.6 Å². The number of hydrogen-bond acceptors (Lipinski definition) is 4. The largest absolute Gasteiger partial charge is 0.507 e. The Balaban J connectivity index is 2.35. The van der Waals surface area contributed by atoms with Crippen LogP contribution in [-0.2, 0) is 0 Å². The molecule has 0 aliphatic carbocycles. The molecule has 2 aromatic rings. The molecule has 0 aliphatic rings. The molecule has 0 aromatic heterocycles. The van der Waals surface area contributed by atoms with Gasteiger partial charge in [-0.25, -0.2) is 4.39 Å². The van der Waals surface area contributed by atoms with Gasteiger partial charge in [-0.15, -0.1) is 0 Å². The predicted octanol–water partition coefficient (Wildman–Crippen LogP) is 3.30. The Morgan fingerprint density at radius 2 is 1.80 bits per heavy atom. The highest BCUT2D eigenvalue weighted by atomic mass is 19.1. The van der Waals surface area contributed by atoms with Crippen LogP contribution in [0.3, 0.4) is 0 Å². The molecule has 2 rings (SSSR count). The van der Waals surface area contributed by atoms with Gasteiger partial charge in [0.15, 0.2) is 0 Å². The highest BCUT2D eigenvalue weighted by molar-refractivity contribution is 5.89. The fourth-order valence-electron chi connectivity index (χ4n) is 1.67. The van der Waals surface area contributed by atoms with E-state index in [0.29, 0.717) is 22.7 Å². The van der Waals surface area contributed by atoms with Crippen molar-refractivity contribution >= 4 is 11.9 Å². The number of aliphatic imine (C=N–C) groups is 1. The summed E-state index contributed by atoms with van der Waals surface area (Å²) in [6, 6.07) is 8.83. The van der Waals surface area contributed by atoms with Gasteiger partial charge >= 0.3 is 0 Å². The van der Waals surface area contributed by atoms with Gasteiger partial charge in [-0.05, 0) is 24.3 Å². The SMILES string of the molecule is COc1cc(O)c(C=Nc2ccc(F)cc2)c(OC)c1. The number of rotatable bonds is 4. The smallest absolute Gasteiger partial charge is 0.135 e. The summed E-state index contributed by atoms with van der Waals surface area (Å²) in [7, 11) is 2.99. The second-order valence-corrected chi connectivity index (χ2v) is 4.00. The maximum atomic E-state index is 12.8. The van der Waals surface area contributed by atoms with Crippen molar-refractivity contribution < 1.29 is 19.0 Å². The molecule has 0 bridgehead atoms. The van der Waals surface area contributed by atoms with E-state index in [1.54, 1.807) is 18.2 Å². The van der Waals surface area contributed by atoms with Crippen LogP contribution in [0.5, 0.6) is 17.2 Å². The molecule has 4 nitrogen and oxygen atoms in total. The molecular weight excluding hydrogens is 261 g/mol. The maximum Gasteiger partial charge on any atom is 0.135 e. The molecule has 0 heterocycles. The summed E-state index contributed by atoms with van der Waals surface area (Å²) in [5.41, 5.74) is 1.00. The van der Waals surface area contributed by atoms with Gasteiger partial charge in [-0.3, -0.25) is 4.99 Å². The first-order valence-electron chi connectivity index (χ1n) is 5.88. The van der Waals surface area contributed by atoms with Crippen LogP contribution in [-0.4, -0.2) is 25.5 Å². The van der Waals surface area contributed by atoms with Crippen LogP contribution in [0, 0.1) is 5.82 Å². The average molecular weight is 275 g/mol. The first-order valence-corrected chi connectivity index (χ1v) is 5.88. The van der Waals surface area contributed by atoms with E-state index in [0.717, 1.165) is 0 Å². The topological polar surface area (TPSA) is 51.0 Å². The summed E-state index contributed by atoms with van der Waals surface area (Å²) in [6.45, 7) is 0. The average Bonchev–Trinajstić information content (AvgIpc) is 2.47. The fourth-order valence-corrected chi connectivity index (χ4v) is 1.67. The number of halogens is 1. The summed E-state index contributed by atoms with van der Waals surface area (Å²) < 4.78 is 23.0. The molecule has 0 radical (unpaired) electrons. The Bertz CT molecular complexity index is 624. The lowest BCUT2D eigenvalue weighted by Crippen LogP contribution is -1.93. The van der Waals surface area contributed by atoms with Crippen molar-refractivity contribution in [3.05, 3.63) is 47.8 Å². The second kappa shape index (κ2) is 6.06. The Labute approximate surface area is 116 Å². The molecular formula is C15H14FNO3. The van der Waals surface area contributed by atoms with Gasteiger partial charge in [0.2, 0.25) is 0 Å². The van der Waals surface area contributed by atoms with Crippen molar-refractivity contribution in [2.75, 3.05) is 14.2 Å². The summed E-state index contributed by atoms with van der Waals surface area (Å²) in [5.74, 6) is 0.590. The number of aromatic hydroxyl groups is 1. The summed E-state index contributed by atoms with van der Waals surface area (Å²) in [4.78, 5) is 4.17. The molecule has 0 fully saturated rings. The van der Waals surface area contributed by atoms with Crippen molar-refractivity contribution in [2.45, 2.75) is 0 Å². The van der Waals surface area contributed by atoms with Crippen LogP contribution in [0.25, 0.3) is 0 Å². The highest BCUT2D eigenvalue weighted by Gasteiger charge is 2.09. The third-order valence-corrected chi connectivity index (χ3v) is 2.72. The highest BCUT2D eigenvalue weighted by Crippen LogP contribution is 2.32. The van der Waals surface area contributed by atoms with Crippen molar-refractivity contribution in [3.63, 3.8) is 0 Å². The first-order chi connectivity index (χ1) is 9.63. The lowest BCUT2D eigenvalue weighted by atomic mass is 10.2. The quantitative estimate of drug-likeness (QED) is 0.871. The van der Waals surface area contributed by atoms with Crippen LogP contribution >= 0.6 is 0 Å². The monoisotopic (exact) mass is 275 g/mol. The maximum absolute atomic E-state index is 12.8.